The van der Waals surface area contributed by atoms with E-state index in [1.165, 1.54) is 34.3 Å². The number of halogens is 1. The molecular formula is C54H62BBrN10O7. The molecule has 3 aliphatic heterocycles. The molecule has 380 valence electrons. The molecule has 73 heavy (non-hydrogen) atoms. The first-order chi connectivity index (χ1) is 34.8. The predicted octanol–water partition coefficient (Wildman–Crippen LogP) is 7.70. The number of anilines is 3. The lowest BCUT2D eigenvalue weighted by molar-refractivity contribution is -0.132. The number of pyridine rings is 3. The van der Waals surface area contributed by atoms with Crippen molar-refractivity contribution in [3.8, 4) is 0 Å². The van der Waals surface area contributed by atoms with Crippen molar-refractivity contribution in [1.82, 2.24) is 25.0 Å². The van der Waals surface area contributed by atoms with Crippen LogP contribution in [0.1, 0.15) is 81.2 Å². The zero-order valence-corrected chi connectivity index (χ0v) is 43.5. The quantitative estimate of drug-likeness (QED) is 0.0805. The van der Waals surface area contributed by atoms with Crippen LogP contribution in [0.3, 0.4) is 0 Å². The van der Waals surface area contributed by atoms with Gasteiger partial charge >= 0.3 is 13.1 Å². The summed E-state index contributed by atoms with van der Waals surface area (Å²) in [7, 11) is 2.63. The summed E-state index contributed by atoms with van der Waals surface area (Å²) in [5.41, 5.74) is 17.8. The molecule has 19 heteroatoms. The number of nitrogen functional groups attached to an aromatic ring is 2. The number of benzene rings is 3. The van der Waals surface area contributed by atoms with Crippen LogP contribution in [-0.4, -0.2) is 97.6 Å². The first-order valence-corrected chi connectivity index (χ1v) is 24.6. The number of nitrogens with zero attached hydrogens (tertiary/aromatic N) is 7. The smallest absolute Gasteiger partial charge is 0.477 e. The summed E-state index contributed by atoms with van der Waals surface area (Å²) in [4.78, 5) is 57.1. The summed E-state index contributed by atoms with van der Waals surface area (Å²) in [5.74, 6) is -0.0620. The number of aliphatic carboxylic acids is 1. The van der Waals surface area contributed by atoms with E-state index in [9.17, 15) is 19.2 Å². The number of carbonyl (C=O) groups excluding carboxylic acids is 3. The third kappa shape index (κ3) is 18.2. The van der Waals surface area contributed by atoms with Gasteiger partial charge in [0, 0.05) is 69.2 Å². The maximum Gasteiger partial charge on any atom is 0.496 e. The molecule has 3 aromatic heterocycles. The van der Waals surface area contributed by atoms with E-state index in [0.29, 0.717) is 36.0 Å². The lowest BCUT2D eigenvalue weighted by Crippen LogP contribution is -2.41. The van der Waals surface area contributed by atoms with Gasteiger partial charge in [0.1, 0.15) is 28.9 Å². The first kappa shape index (κ1) is 56.3. The minimum atomic E-state index is -1.05. The molecule has 6 N–H and O–H groups in total. The molecule has 0 bridgehead atoms. The van der Waals surface area contributed by atoms with E-state index in [0.717, 1.165) is 34.2 Å². The number of amides is 3. The molecule has 0 atom stereocenters. The number of aromatic nitrogens is 3. The molecule has 1 saturated heterocycles. The van der Waals surface area contributed by atoms with Crippen molar-refractivity contribution in [2.45, 2.75) is 82.8 Å². The van der Waals surface area contributed by atoms with Gasteiger partial charge in [-0.3, -0.25) is 14.4 Å². The highest BCUT2D eigenvalue weighted by Gasteiger charge is 2.51. The number of hydrogen-bond donors (Lipinski definition) is 4. The lowest BCUT2D eigenvalue weighted by Gasteiger charge is -2.32. The molecule has 9 rings (SSSR count). The van der Waals surface area contributed by atoms with Crippen molar-refractivity contribution in [3.05, 3.63) is 174 Å². The maximum absolute atomic E-state index is 12.2. The minimum absolute atomic E-state index is 0.0482. The summed E-state index contributed by atoms with van der Waals surface area (Å²) in [6.45, 7) is 8.10. The monoisotopic (exact) mass is 1050 g/mol. The fourth-order valence-corrected chi connectivity index (χ4v) is 7.13. The zero-order chi connectivity index (χ0) is 53.0. The second kappa shape index (κ2) is 27.3. The van der Waals surface area contributed by atoms with Crippen LogP contribution < -0.4 is 22.2 Å². The van der Waals surface area contributed by atoms with Crippen molar-refractivity contribution in [3.63, 3.8) is 0 Å². The summed E-state index contributed by atoms with van der Waals surface area (Å²) >= 11 is 3.36. The Balaban J connectivity index is 0.000000178. The molecule has 1 fully saturated rings. The maximum atomic E-state index is 12.2. The van der Waals surface area contributed by atoms with Gasteiger partial charge in [-0.1, -0.05) is 125 Å². The van der Waals surface area contributed by atoms with Crippen LogP contribution in [0.4, 0.5) is 17.5 Å². The Kier molecular flexibility index (Phi) is 21.0. The van der Waals surface area contributed by atoms with E-state index >= 15 is 0 Å². The molecule has 3 aromatic carbocycles. The number of hydrogen-bond acceptors (Lipinski definition) is 13. The fourth-order valence-electron chi connectivity index (χ4n) is 6.75. The van der Waals surface area contributed by atoms with Gasteiger partial charge in [-0.15, -0.1) is 0 Å². The van der Waals surface area contributed by atoms with E-state index in [1.54, 1.807) is 31.6 Å². The molecule has 6 heterocycles. The van der Waals surface area contributed by atoms with Gasteiger partial charge in [-0.25, -0.2) is 29.8 Å². The van der Waals surface area contributed by atoms with Gasteiger partial charge in [-0.2, -0.15) is 10.2 Å². The van der Waals surface area contributed by atoms with Crippen LogP contribution in [0.25, 0.3) is 0 Å². The summed E-state index contributed by atoms with van der Waals surface area (Å²) in [6.07, 6.45) is 8.09. The number of carboxylic acid groups (broad SMARTS) is 1. The van der Waals surface area contributed by atoms with Gasteiger partial charge in [0.2, 0.25) is 11.8 Å². The van der Waals surface area contributed by atoms with Gasteiger partial charge in [-0.05, 0) is 86.6 Å². The minimum Gasteiger partial charge on any atom is -0.477 e. The normalized spacial score (nSPS) is 15.2. The molecule has 0 aliphatic carbocycles. The van der Waals surface area contributed by atoms with Gasteiger partial charge < -0.3 is 31.2 Å². The van der Waals surface area contributed by atoms with Gasteiger partial charge in [0.05, 0.1) is 11.2 Å². The van der Waals surface area contributed by atoms with Gasteiger partial charge in [0.25, 0.3) is 5.91 Å². The largest absolute Gasteiger partial charge is 0.496 e. The second-order valence-corrected chi connectivity index (χ2v) is 18.4. The number of nitrogens with one attached hydrogen (secondary N) is 1. The Morgan fingerprint density at radius 2 is 1.04 bits per heavy atom. The van der Waals surface area contributed by atoms with Gasteiger partial charge in [0.15, 0.2) is 0 Å². The van der Waals surface area contributed by atoms with Crippen LogP contribution in [0.5, 0.6) is 0 Å². The standard InChI is InChI=1S/C18H18N4O2.C12H12N2.C11H17BN2O2.C7H7Br.C6H8N2O3/c1-22-17(23)10-8-15(21-22)18(24)20-16-9-7-14(12-19-16)11-13-5-3-2-4-6-13;13-12-7-6-11(9-14-12)8-10-4-2-1-3-5-10;1-10(2)11(3,4)16-12(15-10)8-5-6-9(13)14-7-8;8-6-7-4-2-1-3-5-7;1-8-5(9)3-2-4(7-8)6(10)11/h2-7,9,12H,8,10-11H2,1H3,(H,19,20,24);1-7,9H,8H2,(H2,13,14);5-7H,1-4H3,(H2,13,14);1-5H,6H2;2-3H2,1H3,(H,10,11). The molecule has 0 spiro atoms. The molecule has 0 saturated carbocycles. The number of carbonyl (C=O) groups is 4. The lowest BCUT2D eigenvalue weighted by atomic mass is 9.80. The Bertz CT molecular complexity index is 2770. The van der Waals surface area contributed by atoms with E-state index in [4.69, 9.17) is 25.9 Å². The molecule has 3 amide bonds. The number of rotatable bonds is 9. The van der Waals surface area contributed by atoms with Crippen LogP contribution in [0.15, 0.2) is 156 Å². The average molecular weight is 1050 g/mol. The fraction of sp³-hybridized carbons (Fsp3) is 0.278. The van der Waals surface area contributed by atoms with Crippen molar-refractivity contribution in [1.29, 1.82) is 0 Å². The Labute approximate surface area is 435 Å². The number of carboxylic acids is 1. The van der Waals surface area contributed by atoms with Crippen molar-refractivity contribution >= 4 is 81.1 Å². The Morgan fingerprint density at radius 3 is 1.44 bits per heavy atom. The van der Waals surface area contributed by atoms with E-state index in [1.807, 2.05) is 113 Å². The molecule has 6 aromatic rings. The van der Waals surface area contributed by atoms with Crippen molar-refractivity contribution < 1.29 is 33.6 Å². The molecule has 0 radical (unpaired) electrons. The number of nitrogens with two attached hydrogens (primary N) is 2. The summed E-state index contributed by atoms with van der Waals surface area (Å²) in [6, 6.07) is 41.9. The van der Waals surface area contributed by atoms with Crippen molar-refractivity contribution in [2.75, 3.05) is 30.9 Å². The van der Waals surface area contributed by atoms with Crippen molar-refractivity contribution in [2.24, 2.45) is 10.2 Å². The molecule has 17 nitrogen and oxygen atoms in total. The number of alkyl halides is 1. The summed E-state index contributed by atoms with van der Waals surface area (Å²) < 4.78 is 11.8. The average Bonchev–Trinajstić information content (AvgIpc) is 3.61. The summed E-state index contributed by atoms with van der Waals surface area (Å²) in [5, 5.41) is 22.0. The van der Waals surface area contributed by atoms with Crippen LogP contribution in [0.2, 0.25) is 0 Å². The highest BCUT2D eigenvalue weighted by atomic mass is 79.9. The third-order valence-electron chi connectivity index (χ3n) is 11.7. The predicted molar refractivity (Wildman–Crippen MR) is 290 cm³/mol. The first-order valence-electron chi connectivity index (χ1n) is 23.4. The van der Waals surface area contributed by atoms with E-state index in [-0.39, 0.29) is 54.6 Å². The molecule has 3 aliphatic rings. The molecule has 0 unspecified atom stereocenters. The zero-order valence-electron chi connectivity index (χ0n) is 41.9. The van der Waals surface area contributed by atoms with Crippen LogP contribution in [-0.2, 0) is 46.7 Å². The Hall–Kier alpha value is -7.61. The van der Waals surface area contributed by atoms with E-state index in [2.05, 4.69) is 82.8 Å². The van der Waals surface area contributed by atoms with Crippen LogP contribution in [0, 0.1) is 0 Å². The third-order valence-corrected chi connectivity index (χ3v) is 12.3. The Morgan fingerprint density at radius 1 is 0.603 bits per heavy atom. The topological polar surface area (TPSA) is 241 Å². The highest BCUT2D eigenvalue weighted by Crippen LogP contribution is 2.36. The highest BCUT2D eigenvalue weighted by molar-refractivity contribution is 9.08. The number of hydrazone groups is 2. The SMILES string of the molecule is BrCc1ccccc1.CC1(C)OB(c2ccc(N)nc2)OC1(C)C.CN1N=C(C(=O)Nc2ccc(Cc3ccccc3)cn2)CCC1=O.CN1N=C(C(=O)O)CCC1=O.Nc1ccc(Cc2ccccc2)cn1. The van der Waals surface area contributed by atoms with E-state index < -0.39 is 5.97 Å². The van der Waals surface area contributed by atoms with Crippen LogP contribution >= 0.6 is 15.9 Å². The molecular weight excluding hydrogens is 991 g/mol. The second-order valence-electron chi connectivity index (χ2n) is 17.9.